The van der Waals surface area contributed by atoms with Crippen molar-refractivity contribution >= 4 is 28.3 Å². The molecule has 1 heterocycles. The van der Waals surface area contributed by atoms with Crippen molar-refractivity contribution in [1.82, 2.24) is 9.97 Å². The predicted octanol–water partition coefficient (Wildman–Crippen LogP) is 3.41. The summed E-state index contributed by atoms with van der Waals surface area (Å²) >= 11 is 2.07. The molecule has 4 nitrogen and oxygen atoms in total. The largest absolute Gasteiger partial charge is 0.378 e. The molecular weight excluding hydrogens is 377 g/mol. The fraction of sp³-hybridized carbons (Fsp3) is 0.375. The lowest BCUT2D eigenvalue weighted by Crippen LogP contribution is -2.24. The van der Waals surface area contributed by atoms with Gasteiger partial charge in [-0.25, -0.2) is 4.98 Å². The fourth-order valence-corrected chi connectivity index (χ4v) is 3.07. The summed E-state index contributed by atoms with van der Waals surface area (Å²) in [6, 6.07) is 7.99. The van der Waals surface area contributed by atoms with Crippen molar-refractivity contribution in [1.29, 1.82) is 0 Å². The molecule has 5 heteroatoms. The summed E-state index contributed by atoms with van der Waals surface area (Å²) in [5, 5.41) is 0. The van der Waals surface area contributed by atoms with Crippen LogP contribution >= 0.6 is 22.6 Å². The Labute approximate surface area is 138 Å². The van der Waals surface area contributed by atoms with Crippen LogP contribution in [0.1, 0.15) is 26.5 Å². The van der Waals surface area contributed by atoms with Crippen molar-refractivity contribution in [2.24, 2.45) is 0 Å². The minimum Gasteiger partial charge on any atom is -0.378 e. The minimum absolute atomic E-state index is 0.0813. The predicted molar refractivity (Wildman–Crippen MR) is 96.0 cm³/mol. The average molecular weight is 397 g/mol. The van der Waals surface area contributed by atoms with Gasteiger partial charge in [0.15, 0.2) is 0 Å². The first-order valence-corrected chi connectivity index (χ1v) is 7.86. The first-order chi connectivity index (χ1) is 9.70. The molecule has 0 atom stereocenters. The summed E-state index contributed by atoms with van der Waals surface area (Å²) in [4.78, 5) is 21.7. The van der Waals surface area contributed by atoms with Crippen molar-refractivity contribution < 1.29 is 0 Å². The van der Waals surface area contributed by atoms with Gasteiger partial charge in [0.25, 0.3) is 5.56 Å². The van der Waals surface area contributed by atoms with Gasteiger partial charge in [-0.3, -0.25) is 4.79 Å². The second kappa shape index (κ2) is 5.79. The molecule has 21 heavy (non-hydrogen) atoms. The molecule has 0 unspecified atom stereocenters. The number of halogens is 1. The van der Waals surface area contributed by atoms with Crippen LogP contribution in [0.3, 0.4) is 0 Å². The van der Waals surface area contributed by atoms with Gasteiger partial charge in [-0.05, 0) is 46.9 Å². The number of nitrogens with one attached hydrogen (secondary N) is 1. The number of H-pyrrole nitrogens is 1. The van der Waals surface area contributed by atoms with Crippen LogP contribution in [-0.4, -0.2) is 24.1 Å². The van der Waals surface area contributed by atoms with Crippen LogP contribution < -0.4 is 10.5 Å². The maximum absolute atomic E-state index is 12.1. The van der Waals surface area contributed by atoms with E-state index in [-0.39, 0.29) is 11.0 Å². The number of aromatic nitrogens is 2. The summed E-state index contributed by atoms with van der Waals surface area (Å²) < 4.78 is 0.661. The van der Waals surface area contributed by atoms with Crippen molar-refractivity contribution in [3.8, 4) is 11.4 Å². The van der Waals surface area contributed by atoms with Crippen molar-refractivity contribution in [2.75, 3.05) is 19.0 Å². The molecule has 0 saturated heterocycles. The van der Waals surface area contributed by atoms with Gasteiger partial charge in [-0.15, -0.1) is 0 Å². The molecule has 112 valence electrons. The van der Waals surface area contributed by atoms with Gasteiger partial charge in [-0.1, -0.05) is 20.8 Å². The first kappa shape index (κ1) is 16.0. The van der Waals surface area contributed by atoms with Gasteiger partial charge in [0.1, 0.15) is 9.39 Å². The van der Waals surface area contributed by atoms with Crippen molar-refractivity contribution in [3.63, 3.8) is 0 Å². The molecule has 2 rings (SSSR count). The highest BCUT2D eigenvalue weighted by Gasteiger charge is 2.22. The van der Waals surface area contributed by atoms with Gasteiger partial charge in [0, 0.05) is 30.8 Å². The van der Waals surface area contributed by atoms with Crippen LogP contribution in [0.2, 0.25) is 0 Å². The number of rotatable bonds is 2. The molecule has 1 N–H and O–H groups in total. The van der Waals surface area contributed by atoms with Crippen LogP contribution in [-0.2, 0) is 5.41 Å². The SMILES string of the molecule is CN(C)c1ccc(-c2nc(C(C)(C)C)c(I)c(=O)[nH]2)cc1. The second-order valence-electron chi connectivity index (χ2n) is 6.27. The molecule has 0 aliphatic rings. The summed E-state index contributed by atoms with van der Waals surface area (Å²) in [5.41, 5.74) is 2.62. The lowest BCUT2D eigenvalue weighted by molar-refractivity contribution is 0.562. The zero-order chi connectivity index (χ0) is 15.8. The lowest BCUT2D eigenvalue weighted by atomic mass is 9.92. The minimum atomic E-state index is -0.164. The van der Waals surface area contributed by atoms with Crippen molar-refractivity contribution in [2.45, 2.75) is 26.2 Å². The molecule has 1 aromatic carbocycles. The Morgan fingerprint density at radius 1 is 1.14 bits per heavy atom. The number of hydrogen-bond acceptors (Lipinski definition) is 3. The molecule has 0 radical (unpaired) electrons. The van der Waals surface area contributed by atoms with E-state index in [1.807, 2.05) is 43.3 Å². The monoisotopic (exact) mass is 397 g/mol. The molecule has 0 spiro atoms. The number of benzene rings is 1. The normalized spacial score (nSPS) is 11.5. The Bertz CT molecular complexity index is 697. The number of anilines is 1. The van der Waals surface area contributed by atoms with Crippen LogP contribution in [0.15, 0.2) is 29.1 Å². The average Bonchev–Trinajstić information content (AvgIpc) is 2.40. The molecule has 0 amide bonds. The quantitative estimate of drug-likeness (QED) is 0.791. The van der Waals surface area contributed by atoms with Gasteiger partial charge in [0.2, 0.25) is 0 Å². The van der Waals surface area contributed by atoms with E-state index in [2.05, 4.69) is 53.3 Å². The third kappa shape index (κ3) is 3.45. The van der Waals surface area contributed by atoms with E-state index in [1.165, 1.54) is 0 Å². The first-order valence-electron chi connectivity index (χ1n) is 6.78. The third-order valence-electron chi connectivity index (χ3n) is 3.23. The van der Waals surface area contributed by atoms with E-state index in [1.54, 1.807) is 0 Å². The van der Waals surface area contributed by atoms with Crippen LogP contribution in [0.4, 0.5) is 5.69 Å². The van der Waals surface area contributed by atoms with E-state index >= 15 is 0 Å². The summed E-state index contributed by atoms with van der Waals surface area (Å²) in [5.74, 6) is 0.621. The molecule has 0 aliphatic carbocycles. The number of aromatic amines is 1. The number of hydrogen-bond donors (Lipinski definition) is 1. The molecule has 1 aromatic heterocycles. The fourth-order valence-electron chi connectivity index (χ4n) is 2.01. The van der Waals surface area contributed by atoms with E-state index in [0.29, 0.717) is 9.39 Å². The van der Waals surface area contributed by atoms with Gasteiger partial charge < -0.3 is 9.88 Å². The topological polar surface area (TPSA) is 49.0 Å². The molecule has 2 aromatic rings. The van der Waals surface area contributed by atoms with Crippen LogP contribution in [0.25, 0.3) is 11.4 Å². The zero-order valence-electron chi connectivity index (χ0n) is 13.0. The van der Waals surface area contributed by atoms with E-state index in [4.69, 9.17) is 0 Å². The maximum Gasteiger partial charge on any atom is 0.264 e. The van der Waals surface area contributed by atoms with Gasteiger partial charge in [-0.2, -0.15) is 0 Å². The van der Waals surface area contributed by atoms with E-state index in [0.717, 1.165) is 16.9 Å². The van der Waals surface area contributed by atoms with Crippen LogP contribution in [0.5, 0.6) is 0 Å². The summed E-state index contributed by atoms with van der Waals surface area (Å²) in [6.07, 6.45) is 0. The van der Waals surface area contributed by atoms with Crippen molar-refractivity contribution in [3.05, 3.63) is 43.9 Å². The second-order valence-corrected chi connectivity index (χ2v) is 7.35. The molecule has 0 aliphatic heterocycles. The smallest absolute Gasteiger partial charge is 0.264 e. The number of nitrogens with zero attached hydrogens (tertiary/aromatic N) is 2. The van der Waals surface area contributed by atoms with Gasteiger partial charge in [0.05, 0.1) is 5.69 Å². The zero-order valence-corrected chi connectivity index (χ0v) is 15.1. The molecule has 0 bridgehead atoms. The standard InChI is InChI=1S/C16H20IN3O/c1-16(2,3)13-12(17)15(21)19-14(18-13)10-6-8-11(9-7-10)20(4)5/h6-9H,1-5H3,(H,18,19,21). The third-order valence-corrected chi connectivity index (χ3v) is 4.23. The summed E-state index contributed by atoms with van der Waals surface area (Å²) in [7, 11) is 4.00. The highest BCUT2D eigenvalue weighted by Crippen LogP contribution is 2.26. The van der Waals surface area contributed by atoms with E-state index < -0.39 is 0 Å². The van der Waals surface area contributed by atoms with Gasteiger partial charge >= 0.3 is 0 Å². The Hall–Kier alpha value is -1.37. The maximum atomic E-state index is 12.1. The summed E-state index contributed by atoms with van der Waals surface area (Å²) in [6.45, 7) is 6.20. The Morgan fingerprint density at radius 3 is 2.19 bits per heavy atom. The highest BCUT2D eigenvalue weighted by molar-refractivity contribution is 14.1. The highest BCUT2D eigenvalue weighted by atomic mass is 127. The molecule has 0 saturated carbocycles. The Kier molecular flexibility index (Phi) is 4.41. The molecule has 0 fully saturated rings. The molecular formula is C16H20IN3O. The van der Waals surface area contributed by atoms with Crippen LogP contribution in [0, 0.1) is 3.57 Å². The van der Waals surface area contributed by atoms with E-state index in [9.17, 15) is 4.79 Å². The Balaban J connectivity index is 2.55. The Morgan fingerprint density at radius 2 is 1.71 bits per heavy atom. The lowest BCUT2D eigenvalue weighted by Gasteiger charge is -2.20.